The van der Waals surface area contributed by atoms with Crippen molar-refractivity contribution in [1.29, 1.82) is 0 Å². The van der Waals surface area contributed by atoms with E-state index in [1.807, 2.05) is 0 Å². The van der Waals surface area contributed by atoms with Crippen molar-refractivity contribution in [2.45, 2.75) is 58.9 Å². The molecule has 0 fully saturated rings. The standard InChI is InChI=1S/C17H29N/c1-5-6-7-11-17(18-4)16-10-8-9-15(13-16)12-14(2)3/h8-10,13-14,17-18H,5-7,11-12H2,1-4H3. The van der Waals surface area contributed by atoms with Crippen LogP contribution < -0.4 is 5.32 Å². The Balaban J connectivity index is 2.66. The quantitative estimate of drug-likeness (QED) is 0.655. The number of benzene rings is 1. The lowest BCUT2D eigenvalue weighted by Gasteiger charge is -2.18. The molecular weight excluding hydrogens is 218 g/mol. The van der Waals surface area contributed by atoms with E-state index in [2.05, 4.69) is 57.4 Å². The van der Waals surface area contributed by atoms with Crippen molar-refractivity contribution in [3.8, 4) is 0 Å². The van der Waals surface area contributed by atoms with Crippen LogP contribution in [0.4, 0.5) is 0 Å². The fourth-order valence-corrected chi connectivity index (χ4v) is 2.48. The maximum Gasteiger partial charge on any atom is 0.0317 e. The first-order valence-corrected chi connectivity index (χ1v) is 7.43. The molecule has 1 N–H and O–H groups in total. The molecular formula is C17H29N. The average molecular weight is 247 g/mol. The molecule has 0 saturated heterocycles. The Hall–Kier alpha value is -0.820. The average Bonchev–Trinajstić information content (AvgIpc) is 2.34. The largest absolute Gasteiger partial charge is 0.313 e. The van der Waals surface area contributed by atoms with Crippen LogP contribution in [0.15, 0.2) is 24.3 Å². The summed E-state index contributed by atoms with van der Waals surface area (Å²) in [6.07, 6.45) is 6.37. The summed E-state index contributed by atoms with van der Waals surface area (Å²) in [6.45, 7) is 6.82. The summed E-state index contributed by atoms with van der Waals surface area (Å²) in [5.74, 6) is 0.730. The Morgan fingerprint density at radius 1 is 1.17 bits per heavy atom. The van der Waals surface area contributed by atoms with Crippen LogP contribution in [0.2, 0.25) is 0 Å². The Morgan fingerprint density at radius 3 is 2.56 bits per heavy atom. The van der Waals surface area contributed by atoms with Crippen molar-refractivity contribution in [2.75, 3.05) is 7.05 Å². The Morgan fingerprint density at radius 2 is 1.94 bits per heavy atom. The highest BCUT2D eigenvalue weighted by molar-refractivity contribution is 5.26. The van der Waals surface area contributed by atoms with E-state index in [0.717, 1.165) is 5.92 Å². The monoisotopic (exact) mass is 247 g/mol. The molecule has 102 valence electrons. The van der Waals surface area contributed by atoms with Crippen LogP contribution in [0.25, 0.3) is 0 Å². The van der Waals surface area contributed by atoms with Crippen molar-refractivity contribution in [1.82, 2.24) is 5.32 Å². The van der Waals surface area contributed by atoms with Gasteiger partial charge in [-0.3, -0.25) is 0 Å². The van der Waals surface area contributed by atoms with Crippen molar-refractivity contribution in [3.63, 3.8) is 0 Å². The summed E-state index contributed by atoms with van der Waals surface area (Å²) in [5, 5.41) is 3.46. The van der Waals surface area contributed by atoms with Crippen molar-refractivity contribution in [2.24, 2.45) is 5.92 Å². The molecule has 0 radical (unpaired) electrons. The molecule has 0 amide bonds. The second kappa shape index (κ2) is 8.31. The minimum absolute atomic E-state index is 0.517. The molecule has 0 spiro atoms. The van der Waals surface area contributed by atoms with Crippen molar-refractivity contribution < 1.29 is 0 Å². The third kappa shape index (κ3) is 5.22. The molecule has 0 bridgehead atoms. The van der Waals surface area contributed by atoms with Crippen molar-refractivity contribution >= 4 is 0 Å². The summed E-state index contributed by atoms with van der Waals surface area (Å²) in [4.78, 5) is 0. The van der Waals surface area contributed by atoms with E-state index in [1.165, 1.54) is 43.2 Å². The van der Waals surface area contributed by atoms with Gasteiger partial charge in [0.2, 0.25) is 0 Å². The molecule has 0 aliphatic carbocycles. The van der Waals surface area contributed by atoms with Crippen LogP contribution in [0.3, 0.4) is 0 Å². The molecule has 0 aromatic heterocycles. The smallest absolute Gasteiger partial charge is 0.0317 e. The minimum atomic E-state index is 0.517. The van der Waals surface area contributed by atoms with E-state index in [0.29, 0.717) is 6.04 Å². The normalized spacial score (nSPS) is 12.9. The van der Waals surface area contributed by atoms with E-state index in [4.69, 9.17) is 0 Å². The summed E-state index contributed by atoms with van der Waals surface area (Å²) >= 11 is 0. The van der Waals surface area contributed by atoms with Gasteiger partial charge >= 0.3 is 0 Å². The molecule has 0 saturated carbocycles. The van der Waals surface area contributed by atoms with E-state index >= 15 is 0 Å². The van der Waals surface area contributed by atoms with Crippen molar-refractivity contribution in [3.05, 3.63) is 35.4 Å². The fourth-order valence-electron chi connectivity index (χ4n) is 2.48. The highest BCUT2D eigenvalue weighted by atomic mass is 14.9. The van der Waals surface area contributed by atoms with E-state index in [9.17, 15) is 0 Å². The molecule has 1 unspecified atom stereocenters. The third-order valence-electron chi connectivity index (χ3n) is 3.44. The molecule has 0 heterocycles. The molecule has 1 aromatic carbocycles. The Labute approximate surface area is 113 Å². The number of hydrogen-bond acceptors (Lipinski definition) is 1. The van der Waals surface area contributed by atoms with Gasteiger partial charge in [0.05, 0.1) is 0 Å². The number of hydrogen-bond donors (Lipinski definition) is 1. The van der Waals surface area contributed by atoms with Gasteiger partial charge in [0, 0.05) is 6.04 Å². The first kappa shape index (κ1) is 15.2. The van der Waals surface area contributed by atoms with Crippen LogP contribution in [0, 0.1) is 5.92 Å². The van der Waals surface area contributed by atoms with Gasteiger partial charge in [0.1, 0.15) is 0 Å². The number of unbranched alkanes of at least 4 members (excludes halogenated alkanes) is 2. The highest BCUT2D eigenvalue weighted by Crippen LogP contribution is 2.21. The highest BCUT2D eigenvalue weighted by Gasteiger charge is 2.09. The van der Waals surface area contributed by atoms with Crippen LogP contribution in [0.1, 0.15) is 63.6 Å². The van der Waals surface area contributed by atoms with Gasteiger partial charge in [-0.1, -0.05) is 64.3 Å². The third-order valence-corrected chi connectivity index (χ3v) is 3.44. The molecule has 1 rings (SSSR count). The van der Waals surface area contributed by atoms with E-state index in [-0.39, 0.29) is 0 Å². The number of nitrogens with one attached hydrogen (secondary N) is 1. The molecule has 0 aliphatic heterocycles. The van der Waals surface area contributed by atoms with Crippen LogP contribution in [-0.4, -0.2) is 7.05 Å². The molecule has 18 heavy (non-hydrogen) atoms. The zero-order valence-electron chi connectivity index (χ0n) is 12.5. The van der Waals surface area contributed by atoms with Gasteiger partial charge in [-0.05, 0) is 36.9 Å². The summed E-state index contributed by atoms with van der Waals surface area (Å²) in [7, 11) is 2.08. The molecule has 1 aromatic rings. The minimum Gasteiger partial charge on any atom is -0.313 e. The van der Waals surface area contributed by atoms with Gasteiger partial charge in [0.25, 0.3) is 0 Å². The lowest BCUT2D eigenvalue weighted by atomic mass is 9.96. The van der Waals surface area contributed by atoms with Gasteiger partial charge < -0.3 is 5.32 Å². The molecule has 1 heteroatoms. The van der Waals surface area contributed by atoms with E-state index < -0.39 is 0 Å². The summed E-state index contributed by atoms with van der Waals surface area (Å²) in [5.41, 5.74) is 2.92. The van der Waals surface area contributed by atoms with Gasteiger partial charge in [-0.15, -0.1) is 0 Å². The Bertz CT molecular complexity index is 330. The Kier molecular flexibility index (Phi) is 7.04. The summed E-state index contributed by atoms with van der Waals surface area (Å²) < 4.78 is 0. The fraction of sp³-hybridized carbons (Fsp3) is 0.647. The first-order valence-electron chi connectivity index (χ1n) is 7.43. The van der Waals surface area contributed by atoms with Crippen LogP contribution >= 0.6 is 0 Å². The summed E-state index contributed by atoms with van der Waals surface area (Å²) in [6, 6.07) is 9.62. The molecule has 0 aliphatic rings. The maximum absolute atomic E-state index is 3.46. The first-order chi connectivity index (χ1) is 8.67. The van der Waals surface area contributed by atoms with Crippen LogP contribution in [0.5, 0.6) is 0 Å². The van der Waals surface area contributed by atoms with Gasteiger partial charge in [0.15, 0.2) is 0 Å². The lowest BCUT2D eigenvalue weighted by Crippen LogP contribution is -2.16. The maximum atomic E-state index is 3.46. The van der Waals surface area contributed by atoms with Gasteiger partial charge in [-0.2, -0.15) is 0 Å². The molecule has 1 atom stereocenters. The van der Waals surface area contributed by atoms with Crippen LogP contribution in [-0.2, 0) is 6.42 Å². The number of rotatable bonds is 8. The molecule has 1 nitrogen and oxygen atoms in total. The SMILES string of the molecule is CCCCCC(NC)c1cccc(CC(C)C)c1. The predicted octanol–water partition coefficient (Wildman–Crippen LogP) is 4.73. The second-order valence-corrected chi connectivity index (χ2v) is 5.68. The lowest BCUT2D eigenvalue weighted by molar-refractivity contribution is 0.511. The van der Waals surface area contributed by atoms with E-state index in [1.54, 1.807) is 0 Å². The topological polar surface area (TPSA) is 12.0 Å². The van der Waals surface area contributed by atoms with Gasteiger partial charge in [-0.25, -0.2) is 0 Å². The zero-order valence-corrected chi connectivity index (χ0v) is 12.5. The second-order valence-electron chi connectivity index (χ2n) is 5.68. The predicted molar refractivity (Wildman–Crippen MR) is 80.9 cm³/mol. The zero-order chi connectivity index (χ0) is 13.4.